The third-order valence-corrected chi connectivity index (χ3v) is 3.03. The average Bonchev–Trinajstić information content (AvgIpc) is 2.73. The van der Waals surface area contributed by atoms with Crippen molar-refractivity contribution in [3.05, 3.63) is 0 Å². The van der Waals surface area contributed by atoms with Gasteiger partial charge in [0.15, 0.2) is 0 Å². The Hall–Kier alpha value is -0.0800. The van der Waals surface area contributed by atoms with Crippen molar-refractivity contribution in [2.75, 3.05) is 0 Å². The fourth-order valence-corrected chi connectivity index (χ4v) is 1.65. The first kappa shape index (κ1) is 9.01. The molecule has 0 amide bonds. The zero-order chi connectivity index (χ0) is 8.48. The molecule has 1 saturated carbocycles. The minimum Gasteiger partial charge on any atom is -0.271 e. The second-order valence-corrected chi connectivity index (χ2v) is 4.32. The first-order chi connectivity index (χ1) is 5.11. The first-order valence-electron chi connectivity index (χ1n) is 4.58. The molecule has 1 aliphatic carbocycles. The summed E-state index contributed by atoms with van der Waals surface area (Å²) in [7, 11) is 0. The summed E-state index contributed by atoms with van der Waals surface area (Å²) in [5.74, 6) is 6.37. The van der Waals surface area contributed by atoms with Crippen LogP contribution in [-0.4, -0.2) is 6.04 Å². The van der Waals surface area contributed by atoms with Crippen molar-refractivity contribution in [2.45, 2.75) is 46.1 Å². The van der Waals surface area contributed by atoms with E-state index in [9.17, 15) is 0 Å². The van der Waals surface area contributed by atoms with Gasteiger partial charge < -0.3 is 0 Å². The molecule has 0 aromatic heterocycles. The van der Waals surface area contributed by atoms with Crippen LogP contribution in [0.5, 0.6) is 0 Å². The smallest absolute Gasteiger partial charge is 0.0289 e. The fourth-order valence-electron chi connectivity index (χ4n) is 1.65. The maximum atomic E-state index is 5.53. The number of hydrazine groups is 1. The number of hydrogen-bond acceptors (Lipinski definition) is 2. The van der Waals surface area contributed by atoms with Crippen molar-refractivity contribution < 1.29 is 0 Å². The van der Waals surface area contributed by atoms with Gasteiger partial charge in [-0.25, -0.2) is 0 Å². The Kier molecular flexibility index (Phi) is 2.55. The van der Waals surface area contributed by atoms with Crippen molar-refractivity contribution in [3.63, 3.8) is 0 Å². The predicted molar refractivity (Wildman–Crippen MR) is 47.9 cm³/mol. The third-order valence-electron chi connectivity index (χ3n) is 3.03. The van der Waals surface area contributed by atoms with Gasteiger partial charge in [0.05, 0.1) is 0 Å². The van der Waals surface area contributed by atoms with Gasteiger partial charge in [0.2, 0.25) is 0 Å². The second-order valence-electron chi connectivity index (χ2n) is 4.32. The molecular formula is C9H20N2. The molecule has 11 heavy (non-hydrogen) atoms. The van der Waals surface area contributed by atoms with E-state index in [0.717, 1.165) is 5.92 Å². The Labute approximate surface area is 69.5 Å². The highest BCUT2D eigenvalue weighted by atomic mass is 15.2. The van der Waals surface area contributed by atoms with Crippen LogP contribution in [0.3, 0.4) is 0 Å². The van der Waals surface area contributed by atoms with Crippen LogP contribution < -0.4 is 11.3 Å². The van der Waals surface area contributed by atoms with E-state index in [1.807, 2.05) is 0 Å². The number of nitrogens with one attached hydrogen (secondary N) is 1. The third kappa shape index (κ3) is 1.94. The summed E-state index contributed by atoms with van der Waals surface area (Å²) in [4.78, 5) is 0. The highest BCUT2D eigenvalue weighted by Crippen LogP contribution is 2.41. The van der Waals surface area contributed by atoms with Crippen molar-refractivity contribution in [1.29, 1.82) is 0 Å². The molecule has 3 N–H and O–H groups in total. The Morgan fingerprint density at radius 1 is 1.55 bits per heavy atom. The van der Waals surface area contributed by atoms with Crippen molar-refractivity contribution in [1.82, 2.24) is 5.43 Å². The van der Waals surface area contributed by atoms with Crippen LogP contribution in [0.2, 0.25) is 0 Å². The standard InChI is InChI=1S/C9H20N2/c1-4-9(2,3)8(11-10)7-5-6-7/h7-8,11H,4-6,10H2,1-3H3. The molecule has 0 bridgehead atoms. The average molecular weight is 156 g/mol. The zero-order valence-corrected chi connectivity index (χ0v) is 7.85. The molecule has 0 aromatic rings. The van der Waals surface area contributed by atoms with E-state index < -0.39 is 0 Å². The zero-order valence-electron chi connectivity index (χ0n) is 7.85. The lowest BCUT2D eigenvalue weighted by Crippen LogP contribution is -2.46. The van der Waals surface area contributed by atoms with E-state index in [1.54, 1.807) is 0 Å². The molecule has 0 spiro atoms. The van der Waals surface area contributed by atoms with Crippen LogP contribution in [-0.2, 0) is 0 Å². The summed E-state index contributed by atoms with van der Waals surface area (Å²) >= 11 is 0. The summed E-state index contributed by atoms with van der Waals surface area (Å²) < 4.78 is 0. The van der Waals surface area contributed by atoms with E-state index in [0.29, 0.717) is 11.5 Å². The molecule has 66 valence electrons. The van der Waals surface area contributed by atoms with Crippen molar-refractivity contribution in [3.8, 4) is 0 Å². The van der Waals surface area contributed by atoms with Gasteiger partial charge in [0, 0.05) is 6.04 Å². The lowest BCUT2D eigenvalue weighted by molar-refractivity contribution is 0.210. The van der Waals surface area contributed by atoms with Gasteiger partial charge in [0.1, 0.15) is 0 Å². The minimum atomic E-state index is 0.357. The molecule has 1 unspecified atom stereocenters. The van der Waals surface area contributed by atoms with Crippen molar-refractivity contribution in [2.24, 2.45) is 17.2 Å². The van der Waals surface area contributed by atoms with Crippen LogP contribution in [0.4, 0.5) is 0 Å². The highest BCUT2D eigenvalue weighted by Gasteiger charge is 2.39. The summed E-state index contributed by atoms with van der Waals surface area (Å²) in [6.45, 7) is 6.80. The maximum Gasteiger partial charge on any atom is 0.0289 e. The van der Waals surface area contributed by atoms with Gasteiger partial charge in [-0.05, 0) is 30.6 Å². The molecule has 0 aromatic carbocycles. The van der Waals surface area contributed by atoms with Gasteiger partial charge >= 0.3 is 0 Å². The molecule has 0 heterocycles. The fraction of sp³-hybridized carbons (Fsp3) is 1.00. The summed E-state index contributed by atoms with van der Waals surface area (Å²) in [5.41, 5.74) is 3.31. The first-order valence-corrected chi connectivity index (χ1v) is 4.58. The van der Waals surface area contributed by atoms with E-state index in [2.05, 4.69) is 26.2 Å². The van der Waals surface area contributed by atoms with Crippen molar-refractivity contribution >= 4 is 0 Å². The van der Waals surface area contributed by atoms with E-state index in [4.69, 9.17) is 5.84 Å². The lowest BCUT2D eigenvalue weighted by atomic mass is 9.80. The number of rotatable bonds is 4. The van der Waals surface area contributed by atoms with Gasteiger partial charge in [-0.15, -0.1) is 0 Å². The quantitative estimate of drug-likeness (QED) is 0.480. The van der Waals surface area contributed by atoms with Gasteiger partial charge in [-0.2, -0.15) is 0 Å². The molecule has 0 aliphatic heterocycles. The minimum absolute atomic E-state index is 0.357. The molecule has 1 fully saturated rings. The highest BCUT2D eigenvalue weighted by molar-refractivity contribution is 4.93. The molecule has 0 saturated heterocycles. The van der Waals surface area contributed by atoms with E-state index in [1.165, 1.54) is 19.3 Å². The Morgan fingerprint density at radius 3 is 2.36 bits per heavy atom. The van der Waals surface area contributed by atoms with Gasteiger partial charge in [0.25, 0.3) is 0 Å². The Bertz CT molecular complexity index is 128. The second kappa shape index (κ2) is 3.11. The topological polar surface area (TPSA) is 38.0 Å². The van der Waals surface area contributed by atoms with Crippen LogP contribution in [0.1, 0.15) is 40.0 Å². The maximum absolute atomic E-state index is 5.53. The number of hydrogen-bond donors (Lipinski definition) is 2. The predicted octanol–water partition coefficient (Wildman–Crippen LogP) is 1.66. The van der Waals surface area contributed by atoms with E-state index >= 15 is 0 Å². The monoisotopic (exact) mass is 156 g/mol. The molecular weight excluding hydrogens is 136 g/mol. The van der Waals surface area contributed by atoms with Crippen LogP contribution >= 0.6 is 0 Å². The van der Waals surface area contributed by atoms with E-state index in [-0.39, 0.29) is 0 Å². The van der Waals surface area contributed by atoms with Crippen LogP contribution in [0.15, 0.2) is 0 Å². The Balaban J connectivity index is 2.51. The summed E-state index contributed by atoms with van der Waals surface area (Å²) in [6.07, 6.45) is 3.91. The molecule has 2 heteroatoms. The molecule has 1 aliphatic rings. The largest absolute Gasteiger partial charge is 0.271 e. The van der Waals surface area contributed by atoms with Gasteiger partial charge in [-0.1, -0.05) is 20.8 Å². The molecule has 2 nitrogen and oxygen atoms in total. The van der Waals surface area contributed by atoms with Crippen LogP contribution in [0, 0.1) is 11.3 Å². The summed E-state index contributed by atoms with van der Waals surface area (Å²) in [6, 6.07) is 0.521. The number of nitrogens with two attached hydrogens (primary N) is 1. The normalized spacial score (nSPS) is 21.8. The Morgan fingerprint density at radius 2 is 2.09 bits per heavy atom. The summed E-state index contributed by atoms with van der Waals surface area (Å²) in [5, 5.41) is 0. The molecule has 1 rings (SSSR count). The molecule has 1 atom stereocenters. The molecule has 0 radical (unpaired) electrons. The lowest BCUT2D eigenvalue weighted by Gasteiger charge is -2.33. The van der Waals surface area contributed by atoms with Gasteiger partial charge in [-0.3, -0.25) is 11.3 Å². The van der Waals surface area contributed by atoms with Crippen LogP contribution in [0.25, 0.3) is 0 Å². The SMILES string of the molecule is CCC(C)(C)C(NN)C1CC1.